The molecule has 1 N–H and O–H groups in total. The van der Waals surface area contributed by atoms with E-state index in [1.54, 1.807) is 12.1 Å². The molecular weight excluding hydrogens is 270 g/mol. The number of furan rings is 1. The molecule has 1 aromatic carbocycles. The van der Waals surface area contributed by atoms with Gasteiger partial charge >= 0.3 is 5.97 Å². The van der Waals surface area contributed by atoms with Crippen LogP contribution in [0.25, 0.3) is 11.0 Å². The predicted molar refractivity (Wildman–Crippen MR) is 78.4 cm³/mol. The van der Waals surface area contributed by atoms with Gasteiger partial charge in [-0.25, -0.2) is 9.78 Å². The van der Waals surface area contributed by atoms with Gasteiger partial charge in [-0.1, -0.05) is 12.1 Å². The van der Waals surface area contributed by atoms with E-state index in [1.807, 2.05) is 35.9 Å². The standard InChI is InChI=1S/C15H15N3O3/c1-16-15-17-11-5-3-4-6-12(11)18(15)9-10-7-8-13(21-10)14(19)20-2/h3-8H,9H2,1-2H3,(H,16,17). The molecule has 0 atom stereocenters. The molecule has 0 aliphatic heterocycles. The number of anilines is 1. The summed E-state index contributed by atoms with van der Waals surface area (Å²) in [4.78, 5) is 15.9. The summed E-state index contributed by atoms with van der Waals surface area (Å²) < 4.78 is 12.1. The Morgan fingerprint density at radius 1 is 1.33 bits per heavy atom. The molecule has 3 aromatic rings. The van der Waals surface area contributed by atoms with Gasteiger partial charge in [0.05, 0.1) is 24.7 Å². The number of methoxy groups -OCH3 is 1. The number of ether oxygens (including phenoxy) is 1. The van der Waals surface area contributed by atoms with Crippen molar-refractivity contribution >= 4 is 23.0 Å². The Morgan fingerprint density at radius 2 is 2.14 bits per heavy atom. The van der Waals surface area contributed by atoms with Crippen LogP contribution in [0.15, 0.2) is 40.8 Å². The maximum Gasteiger partial charge on any atom is 0.373 e. The number of nitrogens with zero attached hydrogens (tertiary/aromatic N) is 2. The SMILES string of the molecule is CNc1nc2ccccc2n1Cc1ccc(C(=O)OC)o1. The fraction of sp³-hybridized carbons (Fsp3) is 0.200. The molecule has 0 fully saturated rings. The van der Waals surface area contributed by atoms with E-state index in [2.05, 4.69) is 15.0 Å². The molecule has 0 aliphatic rings. The summed E-state index contributed by atoms with van der Waals surface area (Å²) in [6.07, 6.45) is 0. The van der Waals surface area contributed by atoms with Crippen LogP contribution in [-0.2, 0) is 11.3 Å². The quantitative estimate of drug-likeness (QED) is 0.746. The highest BCUT2D eigenvalue weighted by atomic mass is 16.5. The van der Waals surface area contributed by atoms with Crippen LogP contribution >= 0.6 is 0 Å². The molecule has 0 aliphatic carbocycles. The number of esters is 1. The van der Waals surface area contributed by atoms with Crippen LogP contribution in [-0.4, -0.2) is 29.7 Å². The highest BCUT2D eigenvalue weighted by Gasteiger charge is 2.14. The molecule has 0 radical (unpaired) electrons. The topological polar surface area (TPSA) is 69.3 Å². The third kappa shape index (κ3) is 2.35. The second kappa shape index (κ2) is 5.32. The number of carbonyl (C=O) groups is 1. The molecule has 2 aromatic heterocycles. The molecule has 21 heavy (non-hydrogen) atoms. The van der Waals surface area contributed by atoms with Crippen molar-refractivity contribution in [3.63, 3.8) is 0 Å². The predicted octanol–water partition coefficient (Wildman–Crippen LogP) is 2.51. The number of benzene rings is 1. The van der Waals surface area contributed by atoms with E-state index in [1.165, 1.54) is 7.11 Å². The highest BCUT2D eigenvalue weighted by molar-refractivity contribution is 5.86. The Hall–Kier alpha value is -2.76. The average Bonchev–Trinajstić information content (AvgIpc) is 3.12. The van der Waals surface area contributed by atoms with Crippen molar-refractivity contribution in [3.05, 3.63) is 47.9 Å². The first-order chi connectivity index (χ1) is 10.2. The molecule has 0 saturated carbocycles. The molecule has 0 bridgehead atoms. The number of fused-ring (bicyclic) bond motifs is 1. The van der Waals surface area contributed by atoms with E-state index in [0.717, 1.165) is 17.0 Å². The van der Waals surface area contributed by atoms with E-state index in [4.69, 9.17) is 4.42 Å². The van der Waals surface area contributed by atoms with Crippen LogP contribution in [0.4, 0.5) is 5.95 Å². The van der Waals surface area contributed by atoms with E-state index in [-0.39, 0.29) is 5.76 Å². The Bertz CT molecular complexity index is 788. The lowest BCUT2D eigenvalue weighted by atomic mass is 10.3. The van der Waals surface area contributed by atoms with E-state index in [0.29, 0.717) is 12.3 Å². The molecule has 2 heterocycles. The van der Waals surface area contributed by atoms with Gasteiger partial charge in [-0.05, 0) is 24.3 Å². The summed E-state index contributed by atoms with van der Waals surface area (Å²) in [5.41, 5.74) is 1.90. The number of aromatic nitrogens is 2. The third-order valence-corrected chi connectivity index (χ3v) is 3.24. The minimum atomic E-state index is -0.481. The van der Waals surface area contributed by atoms with Gasteiger partial charge in [0.1, 0.15) is 5.76 Å². The van der Waals surface area contributed by atoms with Crippen molar-refractivity contribution in [2.75, 3.05) is 19.5 Å². The zero-order valence-corrected chi connectivity index (χ0v) is 11.8. The van der Waals surface area contributed by atoms with Gasteiger partial charge in [0.15, 0.2) is 0 Å². The van der Waals surface area contributed by atoms with Gasteiger partial charge < -0.3 is 19.0 Å². The number of imidazole rings is 1. The minimum Gasteiger partial charge on any atom is -0.463 e. The molecule has 0 unspecified atom stereocenters. The Labute approximate surface area is 121 Å². The Morgan fingerprint density at radius 3 is 2.90 bits per heavy atom. The van der Waals surface area contributed by atoms with Crippen molar-refractivity contribution in [1.29, 1.82) is 0 Å². The van der Waals surface area contributed by atoms with Crippen LogP contribution < -0.4 is 5.32 Å². The molecule has 108 valence electrons. The van der Waals surface area contributed by atoms with Crippen molar-refractivity contribution in [2.24, 2.45) is 0 Å². The van der Waals surface area contributed by atoms with E-state index < -0.39 is 5.97 Å². The van der Waals surface area contributed by atoms with Gasteiger partial charge in [0.2, 0.25) is 11.7 Å². The normalized spacial score (nSPS) is 10.8. The number of hydrogen-bond acceptors (Lipinski definition) is 5. The minimum absolute atomic E-state index is 0.197. The average molecular weight is 285 g/mol. The van der Waals surface area contributed by atoms with Gasteiger partial charge in [-0.2, -0.15) is 0 Å². The molecule has 0 saturated heterocycles. The third-order valence-electron chi connectivity index (χ3n) is 3.24. The molecule has 0 spiro atoms. The summed E-state index contributed by atoms with van der Waals surface area (Å²) in [5.74, 6) is 1.12. The zero-order valence-electron chi connectivity index (χ0n) is 11.8. The van der Waals surface area contributed by atoms with Crippen molar-refractivity contribution in [1.82, 2.24) is 9.55 Å². The first-order valence-corrected chi connectivity index (χ1v) is 6.53. The van der Waals surface area contributed by atoms with E-state index >= 15 is 0 Å². The fourth-order valence-corrected chi connectivity index (χ4v) is 2.26. The smallest absolute Gasteiger partial charge is 0.373 e. The first-order valence-electron chi connectivity index (χ1n) is 6.53. The van der Waals surface area contributed by atoms with E-state index in [9.17, 15) is 4.79 Å². The van der Waals surface area contributed by atoms with Crippen molar-refractivity contribution in [2.45, 2.75) is 6.54 Å². The molecule has 6 nitrogen and oxygen atoms in total. The van der Waals surface area contributed by atoms with Crippen LogP contribution in [0.1, 0.15) is 16.3 Å². The van der Waals surface area contributed by atoms with Crippen molar-refractivity contribution < 1.29 is 13.9 Å². The summed E-state index contributed by atoms with van der Waals surface area (Å²) in [6.45, 7) is 0.480. The largest absolute Gasteiger partial charge is 0.463 e. The van der Waals surface area contributed by atoms with Gasteiger partial charge in [0.25, 0.3) is 0 Å². The highest BCUT2D eigenvalue weighted by Crippen LogP contribution is 2.21. The molecular formula is C15H15N3O3. The number of para-hydroxylation sites is 2. The Balaban J connectivity index is 1.97. The summed E-state index contributed by atoms with van der Waals surface area (Å²) in [7, 11) is 3.15. The summed E-state index contributed by atoms with van der Waals surface area (Å²) in [6, 6.07) is 11.2. The lowest BCUT2D eigenvalue weighted by molar-refractivity contribution is 0.0563. The van der Waals surface area contributed by atoms with Crippen LogP contribution in [0.2, 0.25) is 0 Å². The van der Waals surface area contributed by atoms with Gasteiger partial charge in [-0.3, -0.25) is 0 Å². The number of carbonyl (C=O) groups excluding carboxylic acids is 1. The zero-order chi connectivity index (χ0) is 14.8. The lowest BCUT2D eigenvalue weighted by Crippen LogP contribution is -2.04. The van der Waals surface area contributed by atoms with Crippen LogP contribution in [0.3, 0.4) is 0 Å². The second-order valence-corrected chi connectivity index (χ2v) is 4.52. The van der Waals surface area contributed by atoms with Crippen molar-refractivity contribution in [3.8, 4) is 0 Å². The lowest BCUT2D eigenvalue weighted by Gasteiger charge is -2.06. The maximum absolute atomic E-state index is 11.4. The molecule has 3 rings (SSSR count). The van der Waals surface area contributed by atoms with Gasteiger partial charge in [-0.15, -0.1) is 0 Å². The first kappa shape index (κ1) is 13.2. The molecule has 0 amide bonds. The number of nitrogens with one attached hydrogen (secondary N) is 1. The summed E-state index contributed by atoms with van der Waals surface area (Å²) >= 11 is 0. The molecule has 6 heteroatoms. The van der Waals surface area contributed by atoms with Gasteiger partial charge in [0, 0.05) is 7.05 Å². The monoisotopic (exact) mass is 285 g/mol. The summed E-state index contributed by atoms with van der Waals surface area (Å²) in [5, 5.41) is 3.06. The fourth-order valence-electron chi connectivity index (χ4n) is 2.26. The van der Waals surface area contributed by atoms with Crippen LogP contribution in [0, 0.1) is 0 Å². The maximum atomic E-state index is 11.4. The van der Waals surface area contributed by atoms with Crippen LogP contribution in [0.5, 0.6) is 0 Å². The second-order valence-electron chi connectivity index (χ2n) is 4.52. The Kier molecular flexibility index (Phi) is 3.35. The number of rotatable bonds is 4. The number of hydrogen-bond donors (Lipinski definition) is 1.